The normalized spacial score (nSPS) is 18.8. The second-order valence-corrected chi connectivity index (χ2v) is 8.83. The van der Waals surface area contributed by atoms with E-state index in [1.54, 1.807) is 18.5 Å². The molecular weight excluding hydrogens is 378 g/mol. The molecule has 1 N–H and O–H groups in total. The Morgan fingerprint density at radius 3 is 2.90 bits per heavy atom. The lowest BCUT2D eigenvalue weighted by Gasteiger charge is -2.32. The molecule has 160 valence electrons. The van der Waals surface area contributed by atoms with Gasteiger partial charge in [0.1, 0.15) is 5.69 Å². The molecule has 2 unspecified atom stereocenters. The molecule has 2 atom stereocenters. The minimum absolute atomic E-state index is 0.0539. The third kappa shape index (κ3) is 4.26. The second-order valence-electron chi connectivity index (χ2n) is 8.83. The van der Waals surface area contributed by atoms with E-state index in [4.69, 9.17) is 9.40 Å². The van der Waals surface area contributed by atoms with Crippen molar-refractivity contribution < 1.29 is 9.21 Å². The van der Waals surface area contributed by atoms with Gasteiger partial charge in [-0.15, -0.1) is 0 Å². The van der Waals surface area contributed by atoms with E-state index >= 15 is 0 Å². The lowest BCUT2D eigenvalue weighted by molar-refractivity contribution is 0.0921. The Balaban J connectivity index is 1.61. The van der Waals surface area contributed by atoms with Gasteiger partial charge in [-0.3, -0.25) is 4.79 Å². The van der Waals surface area contributed by atoms with Crippen LogP contribution in [-0.4, -0.2) is 51.2 Å². The Morgan fingerprint density at radius 1 is 1.37 bits per heavy atom. The zero-order valence-corrected chi connectivity index (χ0v) is 18.3. The molecule has 0 saturated carbocycles. The number of rotatable bonds is 6. The van der Waals surface area contributed by atoms with Crippen LogP contribution in [-0.2, 0) is 0 Å². The van der Waals surface area contributed by atoms with Crippen LogP contribution in [0.15, 0.2) is 35.1 Å². The molecule has 3 aromatic rings. The molecular formula is C23H31N5O2. The number of likely N-dealkylation sites (tertiary alicyclic amines) is 1. The molecule has 30 heavy (non-hydrogen) atoms. The monoisotopic (exact) mass is 409 g/mol. The molecule has 1 fully saturated rings. The predicted octanol–water partition coefficient (Wildman–Crippen LogP) is 4.12. The van der Waals surface area contributed by atoms with E-state index in [0.717, 1.165) is 30.9 Å². The highest BCUT2D eigenvalue weighted by atomic mass is 16.3. The van der Waals surface area contributed by atoms with Gasteiger partial charge in [-0.25, -0.2) is 9.67 Å². The van der Waals surface area contributed by atoms with Gasteiger partial charge >= 0.3 is 0 Å². The van der Waals surface area contributed by atoms with Gasteiger partial charge in [0, 0.05) is 25.2 Å². The second kappa shape index (κ2) is 8.60. The number of carbonyl (C=O) groups excluding carboxylic acids is 1. The SMILES string of the molecule is CC1CCCN(CC(C)NC(=O)c2cc(-c3ccco3)nc3c2cnn3C(C)C)C1. The minimum Gasteiger partial charge on any atom is -0.463 e. The number of hydrogen-bond acceptors (Lipinski definition) is 5. The van der Waals surface area contributed by atoms with Crippen LogP contribution in [0.2, 0.25) is 0 Å². The number of carbonyl (C=O) groups is 1. The van der Waals surface area contributed by atoms with Gasteiger partial charge < -0.3 is 14.6 Å². The van der Waals surface area contributed by atoms with Crippen molar-refractivity contribution in [2.24, 2.45) is 5.92 Å². The third-order valence-electron chi connectivity index (χ3n) is 5.72. The van der Waals surface area contributed by atoms with Crippen LogP contribution in [0.1, 0.15) is 56.9 Å². The molecule has 1 aliphatic rings. The fraction of sp³-hybridized carbons (Fsp3) is 0.522. The smallest absolute Gasteiger partial charge is 0.252 e. The van der Waals surface area contributed by atoms with Crippen LogP contribution >= 0.6 is 0 Å². The summed E-state index contributed by atoms with van der Waals surface area (Å²) in [7, 11) is 0. The summed E-state index contributed by atoms with van der Waals surface area (Å²) in [5.41, 5.74) is 1.91. The van der Waals surface area contributed by atoms with Crippen LogP contribution in [0.3, 0.4) is 0 Å². The molecule has 0 radical (unpaired) electrons. The van der Waals surface area contributed by atoms with Gasteiger partial charge in [0.05, 0.1) is 23.4 Å². The zero-order chi connectivity index (χ0) is 21.3. The lowest BCUT2D eigenvalue weighted by atomic mass is 10.00. The number of amides is 1. The highest BCUT2D eigenvalue weighted by Crippen LogP contribution is 2.26. The molecule has 7 heteroatoms. The Kier molecular flexibility index (Phi) is 5.90. The van der Waals surface area contributed by atoms with E-state index in [0.29, 0.717) is 22.7 Å². The van der Waals surface area contributed by atoms with E-state index in [1.807, 2.05) is 16.8 Å². The van der Waals surface area contributed by atoms with Crippen LogP contribution in [0.5, 0.6) is 0 Å². The fourth-order valence-electron chi connectivity index (χ4n) is 4.32. The predicted molar refractivity (Wildman–Crippen MR) is 117 cm³/mol. The maximum Gasteiger partial charge on any atom is 0.252 e. The summed E-state index contributed by atoms with van der Waals surface area (Å²) < 4.78 is 7.39. The van der Waals surface area contributed by atoms with Gasteiger partial charge in [-0.05, 0) is 64.3 Å². The summed E-state index contributed by atoms with van der Waals surface area (Å²) in [5, 5.41) is 8.42. The summed E-state index contributed by atoms with van der Waals surface area (Å²) in [6, 6.07) is 5.67. The molecule has 1 amide bonds. The Labute approximate surface area is 177 Å². The maximum absolute atomic E-state index is 13.3. The number of nitrogens with one attached hydrogen (secondary N) is 1. The lowest BCUT2D eigenvalue weighted by Crippen LogP contribution is -2.45. The quantitative estimate of drug-likeness (QED) is 0.663. The van der Waals surface area contributed by atoms with E-state index in [2.05, 4.69) is 43.0 Å². The number of fused-ring (bicyclic) bond motifs is 1. The van der Waals surface area contributed by atoms with Crippen molar-refractivity contribution >= 4 is 16.9 Å². The molecule has 1 aliphatic heterocycles. The van der Waals surface area contributed by atoms with Crippen LogP contribution < -0.4 is 5.32 Å². The van der Waals surface area contributed by atoms with Crippen LogP contribution in [0.4, 0.5) is 0 Å². The average molecular weight is 410 g/mol. The van der Waals surface area contributed by atoms with Crippen LogP contribution in [0, 0.1) is 5.92 Å². The van der Waals surface area contributed by atoms with E-state index in [9.17, 15) is 4.79 Å². The number of hydrogen-bond donors (Lipinski definition) is 1. The van der Waals surface area contributed by atoms with Crippen molar-refractivity contribution in [3.63, 3.8) is 0 Å². The molecule has 0 aliphatic carbocycles. The van der Waals surface area contributed by atoms with Gasteiger partial charge in [-0.2, -0.15) is 5.10 Å². The number of furan rings is 1. The first kappa shape index (κ1) is 20.6. The summed E-state index contributed by atoms with van der Waals surface area (Å²) in [6.45, 7) is 11.5. The standard InChI is InChI=1S/C23H31N5O2/c1-15(2)28-22-19(12-24-28)18(11-20(26-22)21-8-6-10-30-21)23(29)25-17(4)14-27-9-5-7-16(3)13-27/h6,8,10-12,15-17H,5,7,9,13-14H2,1-4H3,(H,25,29). The van der Waals surface area contributed by atoms with Gasteiger partial charge in [0.25, 0.3) is 5.91 Å². The summed E-state index contributed by atoms with van der Waals surface area (Å²) in [6.07, 6.45) is 5.87. The Bertz CT molecular complexity index is 1010. The van der Waals surface area contributed by atoms with Crippen molar-refractivity contribution in [3.05, 3.63) is 36.2 Å². The Hall–Kier alpha value is -2.67. The topological polar surface area (TPSA) is 76.2 Å². The first-order chi connectivity index (χ1) is 14.4. The third-order valence-corrected chi connectivity index (χ3v) is 5.72. The zero-order valence-electron chi connectivity index (χ0n) is 18.3. The first-order valence-electron chi connectivity index (χ1n) is 10.9. The van der Waals surface area contributed by atoms with E-state index in [1.165, 1.54) is 12.8 Å². The molecule has 0 spiro atoms. The summed E-state index contributed by atoms with van der Waals surface area (Å²) in [4.78, 5) is 20.4. The minimum atomic E-state index is -0.101. The van der Waals surface area contributed by atoms with Gasteiger partial charge in [0.2, 0.25) is 0 Å². The van der Waals surface area contributed by atoms with Gasteiger partial charge in [-0.1, -0.05) is 6.92 Å². The van der Waals surface area contributed by atoms with Crippen LogP contribution in [0.25, 0.3) is 22.5 Å². The largest absolute Gasteiger partial charge is 0.463 e. The number of piperidine rings is 1. The molecule has 1 saturated heterocycles. The first-order valence-corrected chi connectivity index (χ1v) is 10.9. The van der Waals surface area contributed by atoms with Crippen molar-refractivity contribution in [2.75, 3.05) is 19.6 Å². The molecule has 4 heterocycles. The highest BCUT2D eigenvalue weighted by Gasteiger charge is 2.22. The van der Waals surface area contributed by atoms with E-state index in [-0.39, 0.29) is 18.0 Å². The van der Waals surface area contributed by atoms with Crippen molar-refractivity contribution in [1.82, 2.24) is 25.0 Å². The number of aromatic nitrogens is 3. The highest BCUT2D eigenvalue weighted by molar-refractivity contribution is 6.06. The van der Waals surface area contributed by atoms with Crippen molar-refractivity contribution in [2.45, 2.75) is 52.6 Å². The van der Waals surface area contributed by atoms with Crippen molar-refractivity contribution in [3.8, 4) is 11.5 Å². The summed E-state index contributed by atoms with van der Waals surface area (Å²) in [5.74, 6) is 1.26. The summed E-state index contributed by atoms with van der Waals surface area (Å²) >= 11 is 0. The molecule has 0 bridgehead atoms. The van der Waals surface area contributed by atoms with Gasteiger partial charge in [0.15, 0.2) is 11.4 Å². The maximum atomic E-state index is 13.3. The Morgan fingerprint density at radius 2 is 2.20 bits per heavy atom. The van der Waals surface area contributed by atoms with E-state index < -0.39 is 0 Å². The number of pyridine rings is 1. The molecule has 0 aromatic carbocycles. The fourth-order valence-corrected chi connectivity index (χ4v) is 4.32. The number of nitrogens with zero attached hydrogens (tertiary/aromatic N) is 4. The van der Waals surface area contributed by atoms with Crippen molar-refractivity contribution in [1.29, 1.82) is 0 Å². The molecule has 7 nitrogen and oxygen atoms in total. The molecule has 4 rings (SSSR count). The molecule has 3 aromatic heterocycles. The average Bonchev–Trinajstić information content (AvgIpc) is 3.37.